The lowest BCUT2D eigenvalue weighted by Crippen LogP contribution is -2.27. The molecule has 0 unspecified atom stereocenters. The topological polar surface area (TPSA) is 39.9 Å². The van der Waals surface area contributed by atoms with E-state index >= 15 is 0 Å². The van der Waals surface area contributed by atoms with Crippen LogP contribution in [0.4, 0.5) is 0 Å². The Balaban J connectivity index is 1.63. The van der Waals surface area contributed by atoms with E-state index in [0.717, 1.165) is 18.4 Å². The normalized spacial score (nSPS) is 18.9. The number of rotatable bonds is 6. The van der Waals surface area contributed by atoms with Gasteiger partial charge in [-0.05, 0) is 55.2 Å². The summed E-state index contributed by atoms with van der Waals surface area (Å²) in [6.45, 7) is 3.45. The molecular weight excluding hydrogens is 222 g/mol. The molecule has 1 aromatic heterocycles. The summed E-state index contributed by atoms with van der Waals surface area (Å²) < 4.78 is 0. The first kappa shape index (κ1) is 11.7. The fourth-order valence-corrected chi connectivity index (χ4v) is 2.43. The lowest BCUT2D eigenvalue weighted by atomic mass is 10.2. The molecule has 0 aromatic carbocycles. The average Bonchev–Trinajstić information content (AvgIpc) is 3.25. The second kappa shape index (κ2) is 5.07. The van der Waals surface area contributed by atoms with Gasteiger partial charge in [-0.2, -0.15) is 5.26 Å². The van der Waals surface area contributed by atoms with Crippen molar-refractivity contribution in [2.24, 2.45) is 11.8 Å². The van der Waals surface area contributed by atoms with Crippen molar-refractivity contribution < 1.29 is 0 Å². The minimum Gasteiger partial charge on any atom is -0.299 e. The Bertz CT molecular complexity index is 441. The Morgan fingerprint density at radius 1 is 1.22 bits per heavy atom. The molecule has 0 bridgehead atoms. The third kappa shape index (κ3) is 3.30. The van der Waals surface area contributed by atoms with Gasteiger partial charge in [-0.25, -0.2) is 4.98 Å². The van der Waals surface area contributed by atoms with Crippen LogP contribution < -0.4 is 0 Å². The first-order valence-corrected chi connectivity index (χ1v) is 6.91. The number of pyridine rings is 1. The summed E-state index contributed by atoms with van der Waals surface area (Å²) in [5, 5.41) is 8.88. The zero-order chi connectivity index (χ0) is 12.4. The zero-order valence-corrected chi connectivity index (χ0v) is 10.7. The predicted octanol–water partition coefficient (Wildman–Crippen LogP) is 2.58. The molecule has 2 aliphatic rings. The highest BCUT2D eigenvalue weighted by molar-refractivity contribution is 5.25. The minimum atomic E-state index is 0.533. The van der Waals surface area contributed by atoms with Gasteiger partial charge in [0.05, 0.1) is 0 Å². The Kier molecular flexibility index (Phi) is 3.29. The molecule has 18 heavy (non-hydrogen) atoms. The number of nitriles is 1. The Labute approximate surface area is 108 Å². The maximum atomic E-state index is 8.88. The summed E-state index contributed by atoms with van der Waals surface area (Å²) in [7, 11) is 0. The first-order valence-electron chi connectivity index (χ1n) is 6.91. The van der Waals surface area contributed by atoms with Gasteiger partial charge in [-0.15, -0.1) is 0 Å². The van der Waals surface area contributed by atoms with E-state index in [1.54, 1.807) is 6.20 Å². The monoisotopic (exact) mass is 241 g/mol. The number of aromatic nitrogens is 1. The molecule has 2 aliphatic carbocycles. The third-order valence-corrected chi connectivity index (χ3v) is 3.77. The second-order valence-electron chi connectivity index (χ2n) is 5.74. The van der Waals surface area contributed by atoms with Gasteiger partial charge in [0.25, 0.3) is 0 Å². The summed E-state index contributed by atoms with van der Waals surface area (Å²) in [5.41, 5.74) is 1.76. The molecule has 0 aliphatic heterocycles. The van der Waals surface area contributed by atoms with Gasteiger partial charge in [0, 0.05) is 25.8 Å². The van der Waals surface area contributed by atoms with Crippen molar-refractivity contribution in [3.8, 4) is 6.07 Å². The van der Waals surface area contributed by atoms with Crippen LogP contribution in [0.25, 0.3) is 0 Å². The van der Waals surface area contributed by atoms with E-state index < -0.39 is 0 Å². The molecule has 1 aromatic rings. The van der Waals surface area contributed by atoms with Crippen LogP contribution in [0.1, 0.15) is 36.9 Å². The highest BCUT2D eigenvalue weighted by atomic mass is 15.1. The molecule has 2 saturated carbocycles. The van der Waals surface area contributed by atoms with Gasteiger partial charge in [0.1, 0.15) is 11.8 Å². The molecule has 1 heterocycles. The largest absolute Gasteiger partial charge is 0.299 e. The van der Waals surface area contributed by atoms with Crippen LogP contribution in [0.3, 0.4) is 0 Å². The highest BCUT2D eigenvalue weighted by Gasteiger charge is 2.29. The van der Waals surface area contributed by atoms with Crippen molar-refractivity contribution >= 4 is 0 Å². The number of hydrogen-bond donors (Lipinski definition) is 0. The smallest absolute Gasteiger partial charge is 0.140 e. The van der Waals surface area contributed by atoms with Gasteiger partial charge in [-0.1, -0.05) is 0 Å². The molecule has 0 radical (unpaired) electrons. The molecule has 94 valence electrons. The standard InChI is InChI=1S/C15H19N3/c16-8-15-7-14(5-6-17-15)11-18(9-12-1-2-12)10-13-3-4-13/h5-7,12-13H,1-4,9-11H2. The summed E-state index contributed by atoms with van der Waals surface area (Å²) in [4.78, 5) is 6.61. The summed E-state index contributed by atoms with van der Waals surface area (Å²) >= 11 is 0. The molecule has 0 spiro atoms. The van der Waals surface area contributed by atoms with Gasteiger partial charge in [0.15, 0.2) is 0 Å². The van der Waals surface area contributed by atoms with Crippen molar-refractivity contribution in [2.75, 3.05) is 13.1 Å². The fourth-order valence-electron chi connectivity index (χ4n) is 2.43. The average molecular weight is 241 g/mol. The Morgan fingerprint density at radius 2 is 1.89 bits per heavy atom. The predicted molar refractivity (Wildman–Crippen MR) is 69.7 cm³/mol. The van der Waals surface area contributed by atoms with E-state index in [4.69, 9.17) is 5.26 Å². The molecule has 0 N–H and O–H groups in total. The van der Waals surface area contributed by atoms with E-state index in [2.05, 4.69) is 16.0 Å². The molecule has 0 amide bonds. The maximum absolute atomic E-state index is 8.88. The minimum absolute atomic E-state index is 0.533. The van der Waals surface area contributed by atoms with Crippen LogP contribution in [-0.2, 0) is 6.54 Å². The molecule has 2 fully saturated rings. The molecule has 3 rings (SSSR count). The van der Waals surface area contributed by atoms with Gasteiger partial charge in [-0.3, -0.25) is 4.90 Å². The Morgan fingerprint density at radius 3 is 2.44 bits per heavy atom. The van der Waals surface area contributed by atoms with Crippen molar-refractivity contribution in [2.45, 2.75) is 32.2 Å². The molecular formula is C15H19N3. The molecule has 3 nitrogen and oxygen atoms in total. The van der Waals surface area contributed by atoms with Crippen LogP contribution in [-0.4, -0.2) is 23.0 Å². The zero-order valence-electron chi connectivity index (χ0n) is 10.7. The van der Waals surface area contributed by atoms with E-state index in [1.165, 1.54) is 44.3 Å². The second-order valence-corrected chi connectivity index (χ2v) is 5.74. The maximum Gasteiger partial charge on any atom is 0.140 e. The SMILES string of the molecule is N#Cc1cc(CN(CC2CC2)CC2CC2)ccn1. The van der Waals surface area contributed by atoms with E-state index in [-0.39, 0.29) is 0 Å². The van der Waals surface area contributed by atoms with Gasteiger partial charge < -0.3 is 0 Å². The van der Waals surface area contributed by atoms with Crippen LogP contribution in [0.2, 0.25) is 0 Å². The van der Waals surface area contributed by atoms with Gasteiger partial charge in [0.2, 0.25) is 0 Å². The van der Waals surface area contributed by atoms with Crippen LogP contribution in [0.15, 0.2) is 18.3 Å². The van der Waals surface area contributed by atoms with Crippen LogP contribution in [0, 0.1) is 23.2 Å². The summed E-state index contributed by atoms with van der Waals surface area (Å²) in [6, 6.07) is 6.08. The summed E-state index contributed by atoms with van der Waals surface area (Å²) in [6.07, 6.45) is 7.37. The highest BCUT2D eigenvalue weighted by Crippen LogP contribution is 2.34. The van der Waals surface area contributed by atoms with Crippen molar-refractivity contribution in [1.29, 1.82) is 5.26 Å². The lowest BCUT2D eigenvalue weighted by molar-refractivity contribution is 0.244. The van der Waals surface area contributed by atoms with Crippen LogP contribution >= 0.6 is 0 Å². The van der Waals surface area contributed by atoms with Crippen molar-refractivity contribution in [3.05, 3.63) is 29.6 Å². The summed E-state index contributed by atoms with van der Waals surface area (Å²) in [5.74, 6) is 1.86. The number of nitrogens with zero attached hydrogens (tertiary/aromatic N) is 3. The van der Waals surface area contributed by atoms with E-state index in [9.17, 15) is 0 Å². The van der Waals surface area contributed by atoms with Crippen LogP contribution in [0.5, 0.6) is 0 Å². The van der Waals surface area contributed by atoms with Crippen molar-refractivity contribution in [3.63, 3.8) is 0 Å². The van der Waals surface area contributed by atoms with E-state index in [0.29, 0.717) is 5.69 Å². The Hall–Kier alpha value is -1.40. The number of hydrogen-bond acceptors (Lipinski definition) is 3. The van der Waals surface area contributed by atoms with Gasteiger partial charge >= 0.3 is 0 Å². The van der Waals surface area contributed by atoms with Crippen molar-refractivity contribution in [1.82, 2.24) is 9.88 Å². The fraction of sp³-hybridized carbons (Fsp3) is 0.600. The molecule has 0 saturated heterocycles. The molecule has 0 atom stereocenters. The lowest BCUT2D eigenvalue weighted by Gasteiger charge is -2.22. The molecule has 3 heteroatoms. The first-order chi connectivity index (χ1) is 8.83. The third-order valence-electron chi connectivity index (χ3n) is 3.77. The van der Waals surface area contributed by atoms with E-state index in [1.807, 2.05) is 12.1 Å². The quantitative estimate of drug-likeness (QED) is 0.768.